The van der Waals surface area contributed by atoms with Crippen molar-refractivity contribution in [2.75, 3.05) is 40.5 Å². The summed E-state index contributed by atoms with van der Waals surface area (Å²) < 4.78 is 10.6. The van der Waals surface area contributed by atoms with Crippen molar-refractivity contribution in [1.82, 2.24) is 4.90 Å². The van der Waals surface area contributed by atoms with E-state index < -0.39 is 0 Å². The van der Waals surface area contributed by atoms with Crippen LogP contribution in [0.15, 0.2) is 30.3 Å². The zero-order valence-electron chi connectivity index (χ0n) is 11.3. The van der Waals surface area contributed by atoms with Gasteiger partial charge in [-0.15, -0.1) is 0 Å². The van der Waals surface area contributed by atoms with Crippen molar-refractivity contribution in [1.29, 1.82) is 0 Å². The van der Waals surface area contributed by atoms with Gasteiger partial charge in [0.1, 0.15) is 5.75 Å². The van der Waals surface area contributed by atoms with Crippen molar-refractivity contribution >= 4 is 0 Å². The molecule has 4 heteroatoms. The van der Waals surface area contributed by atoms with E-state index in [1.165, 1.54) is 0 Å². The number of hydrogen-bond acceptors (Lipinski definition) is 4. The largest absolute Gasteiger partial charge is 0.494 e. The van der Waals surface area contributed by atoms with E-state index in [2.05, 4.69) is 11.9 Å². The minimum atomic E-state index is 0.0787. The van der Waals surface area contributed by atoms with Gasteiger partial charge in [0.2, 0.25) is 0 Å². The number of para-hydroxylation sites is 1. The summed E-state index contributed by atoms with van der Waals surface area (Å²) >= 11 is 0. The molecule has 18 heavy (non-hydrogen) atoms. The first-order chi connectivity index (χ1) is 8.72. The van der Waals surface area contributed by atoms with Gasteiger partial charge in [0, 0.05) is 26.2 Å². The molecule has 1 aromatic carbocycles. The van der Waals surface area contributed by atoms with E-state index in [1.54, 1.807) is 7.11 Å². The molecule has 0 amide bonds. The van der Waals surface area contributed by atoms with Gasteiger partial charge in [-0.1, -0.05) is 18.2 Å². The van der Waals surface area contributed by atoms with Crippen molar-refractivity contribution in [2.24, 2.45) is 5.73 Å². The highest BCUT2D eigenvalue weighted by Crippen LogP contribution is 2.08. The van der Waals surface area contributed by atoms with Crippen molar-refractivity contribution < 1.29 is 9.47 Å². The summed E-state index contributed by atoms with van der Waals surface area (Å²) in [6, 6.07) is 9.96. The Bertz CT molecular complexity index is 306. The van der Waals surface area contributed by atoms with Crippen LogP contribution in [-0.2, 0) is 4.74 Å². The van der Waals surface area contributed by atoms with Gasteiger partial charge < -0.3 is 20.1 Å². The van der Waals surface area contributed by atoms with E-state index >= 15 is 0 Å². The van der Waals surface area contributed by atoms with Crippen LogP contribution in [0.1, 0.15) is 6.42 Å². The number of benzene rings is 1. The highest BCUT2D eigenvalue weighted by molar-refractivity contribution is 5.20. The van der Waals surface area contributed by atoms with Crippen LogP contribution in [0, 0.1) is 0 Å². The Labute approximate surface area is 110 Å². The number of hydrogen-bond donors (Lipinski definition) is 1. The molecule has 4 nitrogen and oxygen atoms in total. The molecule has 0 radical (unpaired) electrons. The minimum Gasteiger partial charge on any atom is -0.494 e. The van der Waals surface area contributed by atoms with Gasteiger partial charge in [0.25, 0.3) is 0 Å². The fourth-order valence-electron chi connectivity index (χ4n) is 1.80. The lowest BCUT2D eigenvalue weighted by Gasteiger charge is -2.20. The SMILES string of the molecule is COCC(N)CN(C)CCCOc1ccccc1. The highest BCUT2D eigenvalue weighted by atomic mass is 16.5. The fraction of sp³-hybridized carbons (Fsp3) is 0.571. The molecule has 0 bridgehead atoms. The van der Waals surface area contributed by atoms with Crippen LogP contribution in [0.5, 0.6) is 5.75 Å². The maximum absolute atomic E-state index is 5.88. The summed E-state index contributed by atoms with van der Waals surface area (Å²) in [5.41, 5.74) is 5.88. The first-order valence-electron chi connectivity index (χ1n) is 6.33. The second-order valence-corrected chi connectivity index (χ2v) is 4.49. The van der Waals surface area contributed by atoms with E-state index in [0.717, 1.165) is 31.9 Å². The smallest absolute Gasteiger partial charge is 0.119 e. The van der Waals surface area contributed by atoms with E-state index in [0.29, 0.717) is 6.61 Å². The van der Waals surface area contributed by atoms with Gasteiger partial charge in [0.05, 0.1) is 13.2 Å². The van der Waals surface area contributed by atoms with Crippen molar-refractivity contribution in [3.8, 4) is 5.75 Å². The maximum atomic E-state index is 5.88. The Morgan fingerprint density at radius 3 is 2.67 bits per heavy atom. The topological polar surface area (TPSA) is 47.7 Å². The number of rotatable bonds is 9. The Morgan fingerprint density at radius 1 is 1.28 bits per heavy atom. The Morgan fingerprint density at radius 2 is 2.00 bits per heavy atom. The third kappa shape index (κ3) is 6.59. The molecule has 0 heterocycles. The summed E-state index contributed by atoms with van der Waals surface area (Å²) in [6.07, 6.45) is 0.991. The molecule has 2 N–H and O–H groups in total. The Hall–Kier alpha value is -1.10. The molecule has 0 saturated heterocycles. The van der Waals surface area contributed by atoms with Crippen molar-refractivity contribution in [2.45, 2.75) is 12.5 Å². The molecular formula is C14H24N2O2. The molecule has 0 fully saturated rings. The van der Waals surface area contributed by atoms with Gasteiger partial charge >= 0.3 is 0 Å². The number of methoxy groups -OCH3 is 1. The molecule has 0 saturated carbocycles. The maximum Gasteiger partial charge on any atom is 0.119 e. The summed E-state index contributed by atoms with van der Waals surface area (Å²) in [7, 11) is 3.74. The summed E-state index contributed by atoms with van der Waals surface area (Å²) in [4.78, 5) is 2.21. The number of ether oxygens (including phenoxy) is 2. The molecule has 1 unspecified atom stereocenters. The molecule has 0 aromatic heterocycles. The normalized spacial score (nSPS) is 12.7. The predicted molar refractivity (Wildman–Crippen MR) is 73.9 cm³/mol. The third-order valence-electron chi connectivity index (χ3n) is 2.62. The lowest BCUT2D eigenvalue weighted by atomic mass is 10.3. The first kappa shape index (κ1) is 15.0. The van der Waals surface area contributed by atoms with Crippen molar-refractivity contribution in [3.05, 3.63) is 30.3 Å². The van der Waals surface area contributed by atoms with Crippen molar-refractivity contribution in [3.63, 3.8) is 0 Å². The van der Waals surface area contributed by atoms with Crippen LogP contribution in [0.4, 0.5) is 0 Å². The van der Waals surface area contributed by atoms with Gasteiger partial charge in [0.15, 0.2) is 0 Å². The van der Waals surface area contributed by atoms with Crippen LogP contribution in [-0.4, -0.2) is 51.4 Å². The van der Waals surface area contributed by atoms with Gasteiger partial charge in [-0.3, -0.25) is 0 Å². The third-order valence-corrected chi connectivity index (χ3v) is 2.62. The average molecular weight is 252 g/mol. The standard InChI is InChI=1S/C14H24N2O2/c1-16(11-13(15)12-17-2)9-6-10-18-14-7-4-3-5-8-14/h3-5,7-8,13H,6,9-12,15H2,1-2H3. The van der Waals surface area contributed by atoms with E-state index in [9.17, 15) is 0 Å². The summed E-state index contributed by atoms with van der Waals surface area (Å²) in [5.74, 6) is 0.927. The molecule has 1 rings (SSSR count). The van der Waals surface area contributed by atoms with E-state index in [4.69, 9.17) is 15.2 Å². The molecule has 0 aliphatic rings. The molecule has 102 valence electrons. The second kappa shape index (κ2) is 8.91. The van der Waals surface area contributed by atoms with Crippen LogP contribution in [0.2, 0.25) is 0 Å². The number of nitrogens with zero attached hydrogens (tertiary/aromatic N) is 1. The van der Waals surface area contributed by atoms with E-state index in [-0.39, 0.29) is 6.04 Å². The van der Waals surface area contributed by atoms with Gasteiger partial charge in [-0.05, 0) is 25.6 Å². The Kier molecular flexibility index (Phi) is 7.41. The van der Waals surface area contributed by atoms with Crippen LogP contribution in [0.3, 0.4) is 0 Å². The predicted octanol–water partition coefficient (Wildman–Crippen LogP) is 1.36. The van der Waals surface area contributed by atoms with Gasteiger partial charge in [-0.25, -0.2) is 0 Å². The van der Waals surface area contributed by atoms with E-state index in [1.807, 2.05) is 30.3 Å². The first-order valence-corrected chi connectivity index (χ1v) is 6.33. The Balaban J connectivity index is 2.07. The molecule has 1 atom stereocenters. The fourth-order valence-corrected chi connectivity index (χ4v) is 1.80. The second-order valence-electron chi connectivity index (χ2n) is 4.49. The lowest BCUT2D eigenvalue weighted by Crippen LogP contribution is -2.39. The lowest BCUT2D eigenvalue weighted by molar-refractivity contribution is 0.159. The summed E-state index contributed by atoms with van der Waals surface area (Å²) in [5, 5.41) is 0. The number of likely N-dealkylation sites (N-methyl/N-ethyl adjacent to an activating group) is 1. The molecular weight excluding hydrogens is 228 g/mol. The number of nitrogens with two attached hydrogens (primary N) is 1. The zero-order chi connectivity index (χ0) is 13.2. The van der Waals surface area contributed by atoms with Crippen LogP contribution >= 0.6 is 0 Å². The monoisotopic (exact) mass is 252 g/mol. The molecule has 0 aliphatic heterocycles. The van der Waals surface area contributed by atoms with Gasteiger partial charge in [-0.2, -0.15) is 0 Å². The highest BCUT2D eigenvalue weighted by Gasteiger charge is 2.05. The molecule has 1 aromatic rings. The summed E-state index contributed by atoms with van der Waals surface area (Å²) in [6.45, 7) is 3.15. The molecule has 0 aliphatic carbocycles. The average Bonchev–Trinajstić information content (AvgIpc) is 2.36. The van der Waals surface area contributed by atoms with Crippen LogP contribution in [0.25, 0.3) is 0 Å². The quantitative estimate of drug-likeness (QED) is 0.674. The van der Waals surface area contributed by atoms with Crippen LogP contribution < -0.4 is 10.5 Å². The molecule has 0 spiro atoms. The zero-order valence-corrected chi connectivity index (χ0v) is 11.3. The minimum absolute atomic E-state index is 0.0787.